The summed E-state index contributed by atoms with van der Waals surface area (Å²) < 4.78 is 20.5. The van der Waals surface area contributed by atoms with Crippen LogP contribution >= 0.6 is 0 Å². The Morgan fingerprint density at radius 1 is 1.10 bits per heavy atom. The van der Waals surface area contributed by atoms with Crippen molar-refractivity contribution in [1.82, 2.24) is 4.57 Å². The predicted molar refractivity (Wildman–Crippen MR) is 118 cm³/mol. The molecule has 0 bridgehead atoms. The van der Waals surface area contributed by atoms with Gasteiger partial charge in [0.1, 0.15) is 11.9 Å². The van der Waals surface area contributed by atoms with Crippen molar-refractivity contribution < 1.29 is 19.0 Å². The van der Waals surface area contributed by atoms with Crippen LogP contribution in [-0.2, 0) is 9.53 Å². The smallest absolute Gasteiger partial charge is 0.309 e. The minimum absolute atomic E-state index is 0.0160. The molecule has 4 rings (SSSR count). The number of aliphatic hydroxyl groups is 1. The Bertz CT molecular complexity index is 1210. The Labute approximate surface area is 179 Å². The maximum Gasteiger partial charge on any atom is 0.309 e. The van der Waals surface area contributed by atoms with Crippen molar-refractivity contribution in [3.05, 3.63) is 82.0 Å². The first-order valence-corrected chi connectivity index (χ1v) is 10.3. The van der Waals surface area contributed by atoms with Crippen LogP contribution in [0.4, 0.5) is 4.39 Å². The lowest BCUT2D eigenvalue weighted by atomic mass is 9.93. The van der Waals surface area contributed by atoms with Crippen molar-refractivity contribution in [1.29, 1.82) is 0 Å². The number of carbonyl (C=O) groups excluding carboxylic acids is 1. The quantitative estimate of drug-likeness (QED) is 0.637. The summed E-state index contributed by atoms with van der Waals surface area (Å²) in [5.41, 5.74) is 1.92. The van der Waals surface area contributed by atoms with Crippen molar-refractivity contribution in [2.24, 2.45) is 0 Å². The molecule has 0 amide bonds. The molecule has 1 aliphatic heterocycles. The van der Waals surface area contributed by atoms with E-state index in [0.29, 0.717) is 23.2 Å². The fraction of sp³-hybridized carbons (Fsp3) is 0.280. The zero-order valence-electron chi connectivity index (χ0n) is 17.4. The van der Waals surface area contributed by atoms with Gasteiger partial charge in [0.15, 0.2) is 0 Å². The largest absolute Gasteiger partial charge is 0.458 e. The van der Waals surface area contributed by atoms with Crippen LogP contribution in [0.5, 0.6) is 0 Å². The van der Waals surface area contributed by atoms with Crippen LogP contribution in [0.1, 0.15) is 43.9 Å². The summed E-state index contributed by atoms with van der Waals surface area (Å²) in [7, 11) is 0. The Hall–Kier alpha value is -3.25. The Morgan fingerprint density at radius 2 is 1.77 bits per heavy atom. The van der Waals surface area contributed by atoms with Gasteiger partial charge in [0.05, 0.1) is 18.2 Å². The van der Waals surface area contributed by atoms with Gasteiger partial charge < -0.3 is 9.84 Å². The average Bonchev–Trinajstić information content (AvgIpc) is 2.72. The molecule has 0 saturated carbocycles. The Morgan fingerprint density at radius 3 is 2.42 bits per heavy atom. The molecule has 5 nitrogen and oxygen atoms in total. The molecule has 2 heterocycles. The van der Waals surface area contributed by atoms with Gasteiger partial charge in [-0.05, 0) is 59.4 Å². The van der Waals surface area contributed by atoms with Crippen LogP contribution in [0.25, 0.3) is 22.5 Å². The predicted octanol–water partition coefficient (Wildman–Crippen LogP) is 4.33. The highest BCUT2D eigenvalue weighted by atomic mass is 19.1. The molecular weight excluding hydrogens is 397 g/mol. The molecular formula is C25H24FNO4. The third-order valence-corrected chi connectivity index (χ3v) is 5.49. The van der Waals surface area contributed by atoms with E-state index >= 15 is 0 Å². The molecule has 6 heteroatoms. The molecule has 1 aromatic heterocycles. The van der Waals surface area contributed by atoms with Crippen molar-refractivity contribution in [2.75, 3.05) is 0 Å². The molecule has 1 N–H and O–H groups in total. The molecule has 0 spiro atoms. The number of aliphatic hydroxyl groups excluding tert-OH is 1. The normalized spacial score (nSPS) is 19.3. The van der Waals surface area contributed by atoms with Crippen molar-refractivity contribution in [2.45, 2.75) is 44.8 Å². The number of esters is 1. The van der Waals surface area contributed by atoms with Crippen molar-refractivity contribution in [3.8, 4) is 5.69 Å². The molecule has 1 aliphatic rings. The second-order valence-corrected chi connectivity index (χ2v) is 8.10. The van der Waals surface area contributed by atoms with E-state index < -0.39 is 18.2 Å². The molecule has 0 radical (unpaired) electrons. The third kappa shape index (κ3) is 4.16. The standard InChI is InChI=1S/C25H24FNO4/c1-15(2)24-20-5-3-4-6-21(20)25(30)27(17-9-7-16(26)8-10-17)22(24)12-11-19-13-18(28)14-23(29)31-19/h3-12,15,18-19,28H,13-14H2,1-2H3/b12-11+/t18-,19-/m1/s1. The van der Waals surface area contributed by atoms with Gasteiger partial charge in [-0.25, -0.2) is 4.39 Å². The van der Waals surface area contributed by atoms with E-state index in [1.165, 1.54) is 12.1 Å². The number of pyridine rings is 1. The fourth-order valence-electron chi connectivity index (χ4n) is 4.14. The number of fused-ring (bicyclic) bond motifs is 1. The molecule has 160 valence electrons. The van der Waals surface area contributed by atoms with Crippen LogP contribution in [0.2, 0.25) is 0 Å². The van der Waals surface area contributed by atoms with E-state index in [9.17, 15) is 19.1 Å². The maximum atomic E-state index is 13.6. The monoisotopic (exact) mass is 421 g/mol. The third-order valence-electron chi connectivity index (χ3n) is 5.49. The molecule has 1 fully saturated rings. The molecule has 0 aliphatic carbocycles. The van der Waals surface area contributed by atoms with Gasteiger partial charge in [0.2, 0.25) is 0 Å². The number of halogens is 1. The second kappa shape index (κ2) is 8.47. The van der Waals surface area contributed by atoms with Crippen LogP contribution in [-0.4, -0.2) is 27.9 Å². The number of nitrogens with zero attached hydrogens (tertiary/aromatic N) is 1. The lowest BCUT2D eigenvalue weighted by molar-refractivity contribution is -0.156. The van der Waals surface area contributed by atoms with Gasteiger partial charge in [0.25, 0.3) is 5.56 Å². The molecule has 2 atom stereocenters. The highest BCUT2D eigenvalue weighted by molar-refractivity contribution is 5.88. The first-order chi connectivity index (χ1) is 14.8. The fourth-order valence-corrected chi connectivity index (χ4v) is 4.14. The highest BCUT2D eigenvalue weighted by Gasteiger charge is 2.26. The van der Waals surface area contributed by atoms with Crippen molar-refractivity contribution >= 4 is 22.8 Å². The minimum atomic E-state index is -0.753. The van der Waals surface area contributed by atoms with E-state index in [1.807, 2.05) is 32.0 Å². The molecule has 31 heavy (non-hydrogen) atoms. The first kappa shape index (κ1) is 21.0. The number of carbonyl (C=O) groups is 1. The molecule has 2 aromatic carbocycles. The number of aromatic nitrogens is 1. The van der Waals surface area contributed by atoms with Gasteiger partial charge in [-0.2, -0.15) is 0 Å². The van der Waals surface area contributed by atoms with E-state index in [1.54, 1.807) is 34.9 Å². The Balaban J connectivity index is 1.97. The minimum Gasteiger partial charge on any atom is -0.458 e. The maximum absolute atomic E-state index is 13.6. The van der Waals surface area contributed by atoms with Crippen molar-refractivity contribution in [3.63, 3.8) is 0 Å². The van der Waals surface area contributed by atoms with Gasteiger partial charge in [-0.15, -0.1) is 0 Å². The molecule has 1 saturated heterocycles. The SMILES string of the molecule is CC(C)c1c(/C=C/[C@@H]2C[C@@H](O)CC(=O)O2)n(-c2ccc(F)cc2)c(=O)c2ccccc12. The van der Waals surface area contributed by atoms with Gasteiger partial charge >= 0.3 is 5.97 Å². The van der Waals surface area contributed by atoms with E-state index in [-0.39, 0.29) is 23.7 Å². The molecule has 0 unspecified atom stereocenters. The van der Waals surface area contributed by atoms with Crippen LogP contribution in [0.3, 0.4) is 0 Å². The number of ether oxygens (including phenoxy) is 1. The number of cyclic esters (lactones) is 1. The summed E-state index contributed by atoms with van der Waals surface area (Å²) in [6, 6.07) is 13.2. The average molecular weight is 421 g/mol. The summed E-state index contributed by atoms with van der Waals surface area (Å²) in [4.78, 5) is 25.2. The highest BCUT2D eigenvalue weighted by Crippen LogP contribution is 2.30. The lowest BCUT2D eigenvalue weighted by Gasteiger charge is -2.24. The van der Waals surface area contributed by atoms with Gasteiger partial charge in [-0.1, -0.05) is 32.0 Å². The number of benzene rings is 2. The van der Waals surface area contributed by atoms with Crippen LogP contribution in [0.15, 0.2) is 59.4 Å². The van der Waals surface area contributed by atoms with E-state index in [2.05, 4.69) is 0 Å². The topological polar surface area (TPSA) is 68.5 Å². The number of rotatable bonds is 4. The van der Waals surface area contributed by atoms with Crippen LogP contribution in [0, 0.1) is 5.82 Å². The summed E-state index contributed by atoms with van der Waals surface area (Å²) in [5.74, 6) is -0.759. The summed E-state index contributed by atoms with van der Waals surface area (Å²) in [6.45, 7) is 4.09. The van der Waals surface area contributed by atoms with Gasteiger partial charge in [-0.3, -0.25) is 14.2 Å². The molecule has 3 aromatic rings. The van der Waals surface area contributed by atoms with Crippen LogP contribution < -0.4 is 5.56 Å². The van der Waals surface area contributed by atoms with E-state index in [4.69, 9.17) is 4.74 Å². The zero-order valence-corrected chi connectivity index (χ0v) is 17.4. The second-order valence-electron chi connectivity index (χ2n) is 8.10. The summed E-state index contributed by atoms with van der Waals surface area (Å²) in [6.07, 6.45) is 2.42. The van der Waals surface area contributed by atoms with Gasteiger partial charge in [0, 0.05) is 17.5 Å². The lowest BCUT2D eigenvalue weighted by Crippen LogP contribution is -2.31. The Kier molecular flexibility index (Phi) is 5.74. The number of hydrogen-bond donors (Lipinski definition) is 1. The summed E-state index contributed by atoms with van der Waals surface area (Å²) >= 11 is 0. The first-order valence-electron chi connectivity index (χ1n) is 10.3. The van der Waals surface area contributed by atoms with E-state index in [0.717, 1.165) is 10.9 Å². The zero-order chi connectivity index (χ0) is 22.1. The summed E-state index contributed by atoms with van der Waals surface area (Å²) in [5, 5.41) is 11.3. The number of hydrogen-bond acceptors (Lipinski definition) is 4.